The Kier molecular flexibility index (Phi) is 6.26. The molecular weight excluding hydrogens is 306 g/mol. The molecule has 0 saturated carbocycles. The van der Waals surface area contributed by atoms with Crippen LogP contribution in [0, 0.1) is 0 Å². The Morgan fingerprint density at radius 3 is 1.33 bits per heavy atom. The van der Waals surface area contributed by atoms with E-state index in [0.717, 1.165) is 0 Å². The number of aliphatic hydroxyl groups excluding tert-OH is 2. The zero-order chi connectivity index (χ0) is 16.3. The lowest BCUT2D eigenvalue weighted by Gasteiger charge is -2.26. The van der Waals surface area contributed by atoms with E-state index in [4.69, 9.17) is 10.2 Å². The molecule has 10 heteroatoms. The van der Waals surface area contributed by atoms with Crippen molar-refractivity contribution in [2.24, 2.45) is 0 Å². The Morgan fingerprint density at radius 2 is 1.05 bits per heavy atom. The molecule has 0 aliphatic carbocycles. The van der Waals surface area contributed by atoms with Crippen molar-refractivity contribution in [3.05, 3.63) is 0 Å². The van der Waals surface area contributed by atoms with Crippen molar-refractivity contribution < 1.29 is 36.6 Å². The van der Waals surface area contributed by atoms with Crippen molar-refractivity contribution in [1.82, 2.24) is 9.80 Å². The standard InChI is InChI=1S/C11H18F6N2O2/c12-10(13,14)8(20)6-18-2-1-3-19(5-4-18)7-9(21)11(15,16)17/h8-9,20-21H,1-7H2/t8-,9-/m1/s1. The molecule has 4 nitrogen and oxygen atoms in total. The minimum atomic E-state index is -4.71. The lowest BCUT2D eigenvalue weighted by atomic mass is 10.3. The minimum absolute atomic E-state index is 0.109. The van der Waals surface area contributed by atoms with Crippen LogP contribution in [0.3, 0.4) is 0 Å². The third kappa shape index (κ3) is 6.37. The van der Waals surface area contributed by atoms with E-state index in [9.17, 15) is 26.3 Å². The van der Waals surface area contributed by atoms with Crippen LogP contribution in [0.5, 0.6) is 0 Å². The smallest absolute Gasteiger partial charge is 0.382 e. The van der Waals surface area contributed by atoms with Gasteiger partial charge in [0.25, 0.3) is 0 Å². The molecule has 0 aromatic rings. The first kappa shape index (κ1) is 18.5. The summed E-state index contributed by atoms with van der Waals surface area (Å²) in [5.41, 5.74) is 0. The summed E-state index contributed by atoms with van der Waals surface area (Å²) >= 11 is 0. The zero-order valence-electron chi connectivity index (χ0n) is 11.2. The maximum absolute atomic E-state index is 12.2. The first-order valence-corrected chi connectivity index (χ1v) is 6.44. The predicted molar refractivity (Wildman–Crippen MR) is 61.6 cm³/mol. The fourth-order valence-electron chi connectivity index (χ4n) is 2.09. The normalized spacial score (nSPS) is 22.9. The molecule has 21 heavy (non-hydrogen) atoms. The van der Waals surface area contributed by atoms with Crippen LogP contribution >= 0.6 is 0 Å². The lowest BCUT2D eigenvalue weighted by molar-refractivity contribution is -0.209. The van der Waals surface area contributed by atoms with Gasteiger partial charge in [-0.3, -0.25) is 9.80 Å². The summed E-state index contributed by atoms with van der Waals surface area (Å²) in [6, 6.07) is 0. The summed E-state index contributed by atoms with van der Waals surface area (Å²) in [7, 11) is 0. The van der Waals surface area contributed by atoms with Crippen molar-refractivity contribution in [3.63, 3.8) is 0 Å². The minimum Gasteiger partial charge on any atom is -0.382 e. The first-order chi connectivity index (χ1) is 9.50. The quantitative estimate of drug-likeness (QED) is 0.753. The van der Waals surface area contributed by atoms with Gasteiger partial charge < -0.3 is 10.2 Å². The summed E-state index contributed by atoms with van der Waals surface area (Å²) < 4.78 is 73.4. The van der Waals surface area contributed by atoms with Gasteiger partial charge in [-0.2, -0.15) is 26.3 Å². The van der Waals surface area contributed by atoms with Crippen molar-refractivity contribution >= 4 is 0 Å². The van der Waals surface area contributed by atoms with Crippen LogP contribution in [0.15, 0.2) is 0 Å². The Labute approximate surface area is 117 Å². The largest absolute Gasteiger partial charge is 0.415 e. The molecule has 0 spiro atoms. The third-order valence-electron chi connectivity index (χ3n) is 3.30. The lowest BCUT2D eigenvalue weighted by Crippen LogP contribution is -2.44. The van der Waals surface area contributed by atoms with E-state index in [2.05, 4.69) is 0 Å². The SMILES string of the molecule is O[C@H](CN1CCCN(C[C@@H](O)C(F)(F)F)CC1)C(F)(F)F. The van der Waals surface area contributed by atoms with E-state index in [1.807, 2.05) is 0 Å². The van der Waals surface area contributed by atoms with Gasteiger partial charge in [0.05, 0.1) is 0 Å². The van der Waals surface area contributed by atoms with Crippen LogP contribution in [0.25, 0.3) is 0 Å². The van der Waals surface area contributed by atoms with Gasteiger partial charge in [0.15, 0.2) is 12.2 Å². The molecule has 2 atom stereocenters. The van der Waals surface area contributed by atoms with Gasteiger partial charge >= 0.3 is 12.4 Å². The average molecular weight is 324 g/mol. The summed E-state index contributed by atoms with van der Waals surface area (Å²) in [4.78, 5) is 2.72. The van der Waals surface area contributed by atoms with E-state index in [1.54, 1.807) is 0 Å². The molecule has 0 amide bonds. The summed E-state index contributed by atoms with van der Waals surface area (Å²) in [5.74, 6) is 0. The Morgan fingerprint density at radius 1 is 0.714 bits per heavy atom. The monoisotopic (exact) mass is 324 g/mol. The molecular formula is C11H18F6N2O2. The van der Waals surface area contributed by atoms with Gasteiger partial charge in [0.1, 0.15) is 0 Å². The van der Waals surface area contributed by atoms with Crippen LogP contribution < -0.4 is 0 Å². The second-order valence-electron chi connectivity index (χ2n) is 5.07. The van der Waals surface area contributed by atoms with Gasteiger partial charge in [-0.25, -0.2) is 0 Å². The number of nitrogens with zero attached hydrogens (tertiary/aromatic N) is 2. The Balaban J connectivity index is 2.44. The fraction of sp³-hybridized carbons (Fsp3) is 1.00. The number of β-amino-alcohol motifs (C(OH)–C–C–N with tert-alkyl or cyclic N) is 2. The number of rotatable bonds is 4. The van der Waals surface area contributed by atoms with E-state index in [0.29, 0.717) is 6.42 Å². The Hall–Kier alpha value is -0.580. The molecule has 1 rings (SSSR count). The van der Waals surface area contributed by atoms with E-state index in [1.165, 1.54) is 9.80 Å². The van der Waals surface area contributed by atoms with Crippen LogP contribution in [0.1, 0.15) is 6.42 Å². The predicted octanol–water partition coefficient (Wildman–Crippen LogP) is 0.840. The van der Waals surface area contributed by atoms with Crippen LogP contribution in [-0.2, 0) is 0 Å². The maximum atomic E-state index is 12.2. The highest BCUT2D eigenvalue weighted by atomic mass is 19.4. The van der Waals surface area contributed by atoms with Crippen molar-refractivity contribution in [2.45, 2.75) is 31.0 Å². The molecule has 0 radical (unpaired) electrons. The molecule has 1 aliphatic heterocycles. The van der Waals surface area contributed by atoms with Crippen molar-refractivity contribution in [1.29, 1.82) is 0 Å². The molecule has 0 unspecified atom stereocenters. The van der Waals surface area contributed by atoms with E-state index >= 15 is 0 Å². The van der Waals surface area contributed by atoms with Crippen LogP contribution in [-0.4, -0.2) is 83.8 Å². The summed E-state index contributed by atoms with van der Waals surface area (Å²) in [6.45, 7) is -0.467. The van der Waals surface area contributed by atoms with Gasteiger partial charge in [0.2, 0.25) is 0 Å². The van der Waals surface area contributed by atoms with Gasteiger partial charge in [-0.15, -0.1) is 0 Å². The van der Waals surface area contributed by atoms with Gasteiger partial charge in [-0.05, 0) is 19.5 Å². The second-order valence-corrected chi connectivity index (χ2v) is 5.07. The summed E-state index contributed by atoms with van der Waals surface area (Å²) in [6.07, 6.45) is -14.0. The maximum Gasteiger partial charge on any atom is 0.415 e. The van der Waals surface area contributed by atoms with Crippen molar-refractivity contribution in [2.75, 3.05) is 39.3 Å². The third-order valence-corrected chi connectivity index (χ3v) is 3.30. The molecule has 1 saturated heterocycles. The number of halogens is 6. The van der Waals surface area contributed by atoms with Gasteiger partial charge in [0, 0.05) is 26.2 Å². The average Bonchev–Trinajstić information content (AvgIpc) is 2.52. The first-order valence-electron chi connectivity index (χ1n) is 6.44. The van der Waals surface area contributed by atoms with E-state index in [-0.39, 0.29) is 26.2 Å². The number of hydrogen-bond acceptors (Lipinski definition) is 4. The topological polar surface area (TPSA) is 46.9 Å². The van der Waals surface area contributed by atoms with E-state index < -0.39 is 37.7 Å². The number of aliphatic hydroxyl groups is 2. The molecule has 0 aromatic heterocycles. The Bertz CT molecular complexity index is 293. The molecule has 0 aromatic carbocycles. The molecule has 126 valence electrons. The fourth-order valence-corrected chi connectivity index (χ4v) is 2.09. The highest BCUT2D eigenvalue weighted by molar-refractivity contribution is 4.78. The molecule has 0 bridgehead atoms. The molecule has 1 fully saturated rings. The van der Waals surface area contributed by atoms with Crippen LogP contribution in [0.4, 0.5) is 26.3 Å². The molecule has 1 heterocycles. The summed E-state index contributed by atoms with van der Waals surface area (Å²) in [5, 5.41) is 18.0. The van der Waals surface area contributed by atoms with Gasteiger partial charge in [-0.1, -0.05) is 0 Å². The molecule has 1 aliphatic rings. The second kappa shape index (κ2) is 7.12. The zero-order valence-corrected chi connectivity index (χ0v) is 11.2. The molecule has 2 N–H and O–H groups in total. The highest BCUT2D eigenvalue weighted by Crippen LogP contribution is 2.22. The van der Waals surface area contributed by atoms with Crippen molar-refractivity contribution in [3.8, 4) is 0 Å². The number of alkyl halides is 6. The number of hydrogen-bond donors (Lipinski definition) is 2. The highest BCUT2D eigenvalue weighted by Gasteiger charge is 2.40. The van der Waals surface area contributed by atoms with Crippen LogP contribution in [0.2, 0.25) is 0 Å².